The molecule has 16 heavy (non-hydrogen) atoms. The van der Waals surface area contributed by atoms with Gasteiger partial charge in [-0.05, 0) is 37.9 Å². The van der Waals surface area contributed by atoms with Gasteiger partial charge in [-0.25, -0.2) is 4.98 Å². The highest BCUT2D eigenvalue weighted by molar-refractivity contribution is 7.22. The predicted molar refractivity (Wildman–Crippen MR) is 71.3 cm³/mol. The second-order valence-electron chi connectivity index (χ2n) is 3.97. The van der Waals surface area contributed by atoms with Crippen LogP contribution in [0.4, 0.5) is 5.13 Å². The maximum atomic E-state index is 5.46. The highest BCUT2D eigenvalue weighted by Gasteiger charge is 2.07. The molecule has 2 rings (SSSR count). The molecule has 0 bridgehead atoms. The Hall–Kier alpha value is -1.13. The molecule has 0 unspecified atom stereocenters. The van der Waals surface area contributed by atoms with Gasteiger partial charge in [-0.2, -0.15) is 0 Å². The van der Waals surface area contributed by atoms with Crippen LogP contribution < -0.4 is 11.1 Å². The van der Waals surface area contributed by atoms with Crippen LogP contribution in [0.2, 0.25) is 0 Å². The van der Waals surface area contributed by atoms with Crippen LogP contribution in [0.15, 0.2) is 12.1 Å². The largest absolute Gasteiger partial charge is 0.361 e. The fourth-order valence-electron chi connectivity index (χ4n) is 1.63. The van der Waals surface area contributed by atoms with Crippen molar-refractivity contribution >= 4 is 26.7 Å². The number of hydrogen-bond donors (Lipinski definition) is 2. The lowest BCUT2D eigenvalue weighted by Crippen LogP contribution is -2.07. The fourth-order valence-corrected chi connectivity index (χ4v) is 2.67. The Bertz CT molecular complexity index is 451. The van der Waals surface area contributed by atoms with E-state index in [1.807, 2.05) is 0 Å². The Morgan fingerprint density at radius 1 is 1.31 bits per heavy atom. The minimum Gasteiger partial charge on any atom is -0.361 e. The van der Waals surface area contributed by atoms with Gasteiger partial charge < -0.3 is 11.1 Å². The lowest BCUT2D eigenvalue weighted by atomic mass is 10.1. The van der Waals surface area contributed by atoms with Gasteiger partial charge >= 0.3 is 0 Å². The van der Waals surface area contributed by atoms with Gasteiger partial charge in [0.05, 0.1) is 10.2 Å². The molecule has 1 heterocycles. The summed E-state index contributed by atoms with van der Waals surface area (Å²) in [6, 6.07) is 4.28. The third-order valence-corrected chi connectivity index (χ3v) is 3.75. The van der Waals surface area contributed by atoms with E-state index in [0.717, 1.165) is 30.2 Å². The number of thiazole rings is 1. The summed E-state index contributed by atoms with van der Waals surface area (Å²) in [7, 11) is 0. The number of nitrogens with zero attached hydrogens (tertiary/aromatic N) is 1. The Morgan fingerprint density at radius 2 is 2.06 bits per heavy atom. The van der Waals surface area contributed by atoms with E-state index < -0.39 is 0 Å². The van der Waals surface area contributed by atoms with Crippen molar-refractivity contribution in [2.24, 2.45) is 5.73 Å². The molecule has 0 radical (unpaired) electrons. The second-order valence-corrected chi connectivity index (χ2v) is 4.96. The summed E-state index contributed by atoms with van der Waals surface area (Å²) in [5.41, 5.74) is 9.12. The number of fused-ring (bicyclic) bond motifs is 1. The first-order valence-electron chi connectivity index (χ1n) is 5.53. The summed E-state index contributed by atoms with van der Waals surface area (Å²) in [5.74, 6) is 0. The molecule has 0 saturated heterocycles. The van der Waals surface area contributed by atoms with Crippen molar-refractivity contribution in [2.75, 3.05) is 18.4 Å². The number of rotatable bonds is 4. The number of nitrogens with two attached hydrogens (primary N) is 1. The average Bonchev–Trinajstić information content (AvgIpc) is 2.69. The molecule has 0 aliphatic rings. The molecule has 0 aliphatic heterocycles. The van der Waals surface area contributed by atoms with Gasteiger partial charge in [-0.15, -0.1) is 0 Å². The van der Waals surface area contributed by atoms with Crippen LogP contribution in [0.3, 0.4) is 0 Å². The molecule has 1 aromatic carbocycles. The Balaban J connectivity index is 2.29. The van der Waals surface area contributed by atoms with Crippen molar-refractivity contribution in [3.05, 3.63) is 23.3 Å². The molecular formula is C12H17N3S. The zero-order valence-electron chi connectivity index (χ0n) is 9.71. The van der Waals surface area contributed by atoms with Crippen molar-refractivity contribution in [3.63, 3.8) is 0 Å². The van der Waals surface area contributed by atoms with Gasteiger partial charge in [-0.1, -0.05) is 23.5 Å². The van der Waals surface area contributed by atoms with Gasteiger partial charge in [0.2, 0.25) is 0 Å². The molecular weight excluding hydrogens is 218 g/mol. The SMILES string of the molecule is Cc1ccc(C)c2sc(NCCCN)nc12. The smallest absolute Gasteiger partial charge is 0.183 e. The second kappa shape index (κ2) is 4.80. The van der Waals surface area contributed by atoms with Gasteiger partial charge in [-0.3, -0.25) is 0 Å². The first-order valence-corrected chi connectivity index (χ1v) is 6.34. The first kappa shape index (κ1) is 11.4. The first-order chi connectivity index (χ1) is 7.72. The predicted octanol–water partition coefficient (Wildman–Crippen LogP) is 2.67. The summed E-state index contributed by atoms with van der Waals surface area (Å²) in [4.78, 5) is 4.61. The highest BCUT2D eigenvalue weighted by Crippen LogP contribution is 2.30. The van der Waals surface area contributed by atoms with E-state index in [0.29, 0.717) is 0 Å². The standard InChI is InChI=1S/C12H17N3S/c1-8-4-5-9(2)11-10(8)15-12(16-11)14-7-3-6-13/h4-5H,3,6-7,13H2,1-2H3,(H,14,15). The Kier molecular flexibility index (Phi) is 3.41. The third-order valence-electron chi connectivity index (χ3n) is 2.60. The van der Waals surface area contributed by atoms with E-state index >= 15 is 0 Å². The monoisotopic (exact) mass is 235 g/mol. The zero-order valence-corrected chi connectivity index (χ0v) is 10.5. The molecule has 2 aromatic rings. The lowest BCUT2D eigenvalue weighted by Gasteiger charge is -1.98. The van der Waals surface area contributed by atoms with E-state index in [4.69, 9.17) is 5.73 Å². The van der Waals surface area contributed by atoms with Crippen LogP contribution in [0, 0.1) is 13.8 Å². The Labute approximate surface area is 99.7 Å². The fraction of sp³-hybridized carbons (Fsp3) is 0.417. The highest BCUT2D eigenvalue weighted by atomic mass is 32.1. The van der Waals surface area contributed by atoms with Crippen LogP contribution >= 0.6 is 11.3 Å². The number of hydrogen-bond acceptors (Lipinski definition) is 4. The van der Waals surface area contributed by atoms with Crippen LogP contribution in [0.25, 0.3) is 10.2 Å². The molecule has 3 nitrogen and oxygen atoms in total. The van der Waals surface area contributed by atoms with E-state index in [1.54, 1.807) is 11.3 Å². The number of benzene rings is 1. The minimum atomic E-state index is 0.718. The molecule has 0 amide bonds. The quantitative estimate of drug-likeness (QED) is 0.801. The molecule has 0 saturated carbocycles. The van der Waals surface area contributed by atoms with Crippen molar-refractivity contribution in [3.8, 4) is 0 Å². The Morgan fingerprint density at radius 3 is 2.75 bits per heavy atom. The lowest BCUT2D eigenvalue weighted by molar-refractivity contribution is 0.873. The molecule has 1 aromatic heterocycles. The van der Waals surface area contributed by atoms with Crippen molar-refractivity contribution in [1.82, 2.24) is 4.98 Å². The summed E-state index contributed by atoms with van der Waals surface area (Å²) in [6.45, 7) is 5.85. The number of aromatic nitrogens is 1. The summed E-state index contributed by atoms with van der Waals surface area (Å²) < 4.78 is 1.29. The van der Waals surface area contributed by atoms with Crippen LogP contribution in [-0.2, 0) is 0 Å². The average molecular weight is 235 g/mol. The molecule has 3 N–H and O–H groups in total. The third kappa shape index (κ3) is 2.18. The molecule has 0 aliphatic carbocycles. The van der Waals surface area contributed by atoms with Crippen molar-refractivity contribution < 1.29 is 0 Å². The zero-order chi connectivity index (χ0) is 11.5. The maximum Gasteiger partial charge on any atom is 0.183 e. The molecule has 4 heteroatoms. The van der Waals surface area contributed by atoms with Gasteiger partial charge in [0.1, 0.15) is 0 Å². The summed E-state index contributed by atoms with van der Waals surface area (Å²) >= 11 is 1.73. The minimum absolute atomic E-state index is 0.718. The summed E-state index contributed by atoms with van der Waals surface area (Å²) in [6.07, 6.45) is 0.980. The van der Waals surface area contributed by atoms with E-state index in [-0.39, 0.29) is 0 Å². The van der Waals surface area contributed by atoms with E-state index in [1.165, 1.54) is 15.8 Å². The van der Waals surface area contributed by atoms with Crippen LogP contribution in [-0.4, -0.2) is 18.1 Å². The van der Waals surface area contributed by atoms with Crippen molar-refractivity contribution in [1.29, 1.82) is 0 Å². The normalized spacial score (nSPS) is 10.9. The van der Waals surface area contributed by atoms with Crippen LogP contribution in [0.5, 0.6) is 0 Å². The van der Waals surface area contributed by atoms with Gasteiger partial charge in [0.25, 0.3) is 0 Å². The van der Waals surface area contributed by atoms with Gasteiger partial charge in [0.15, 0.2) is 5.13 Å². The molecule has 0 atom stereocenters. The van der Waals surface area contributed by atoms with E-state index in [2.05, 4.69) is 36.3 Å². The molecule has 0 fully saturated rings. The maximum absolute atomic E-state index is 5.46. The van der Waals surface area contributed by atoms with E-state index in [9.17, 15) is 0 Å². The van der Waals surface area contributed by atoms with Crippen LogP contribution in [0.1, 0.15) is 17.5 Å². The van der Waals surface area contributed by atoms with Crippen molar-refractivity contribution in [2.45, 2.75) is 20.3 Å². The number of nitrogens with one attached hydrogen (secondary N) is 1. The summed E-state index contributed by atoms with van der Waals surface area (Å²) in [5, 5.41) is 4.32. The molecule has 0 spiro atoms. The molecule has 86 valence electrons. The number of anilines is 1. The topological polar surface area (TPSA) is 50.9 Å². The number of aryl methyl sites for hydroxylation is 2. The van der Waals surface area contributed by atoms with Gasteiger partial charge in [0, 0.05) is 6.54 Å².